The molecule has 0 aromatic heterocycles. The van der Waals surface area contributed by atoms with Crippen LogP contribution < -0.4 is 5.32 Å². The van der Waals surface area contributed by atoms with E-state index in [-0.39, 0.29) is 6.04 Å². The molecule has 0 amide bonds. The molecular weight excluding hydrogens is 308 g/mol. The summed E-state index contributed by atoms with van der Waals surface area (Å²) < 4.78 is 24.8. The Morgan fingerprint density at radius 1 is 1.48 bits per heavy atom. The van der Waals surface area contributed by atoms with E-state index in [1.54, 1.807) is 4.31 Å². The van der Waals surface area contributed by atoms with E-state index in [0.29, 0.717) is 19.0 Å². The number of hydrogen-bond donors (Lipinski definition) is 1. The zero-order valence-electron chi connectivity index (χ0n) is 12.5. The second-order valence-corrected chi connectivity index (χ2v) is 8.23. The zero-order chi connectivity index (χ0) is 15.5. The number of rotatable bonds is 5. The van der Waals surface area contributed by atoms with Gasteiger partial charge in [0.2, 0.25) is 10.0 Å². The number of halogens is 1. The van der Waals surface area contributed by atoms with Crippen LogP contribution in [0.2, 0.25) is 5.02 Å². The molecule has 0 bridgehead atoms. The van der Waals surface area contributed by atoms with Crippen molar-refractivity contribution in [1.29, 1.82) is 0 Å². The summed E-state index contributed by atoms with van der Waals surface area (Å²) in [4.78, 5) is 0. The molecular formula is C15H23ClN2O2S. The molecule has 0 spiro atoms. The fourth-order valence-electron chi connectivity index (χ4n) is 2.73. The van der Waals surface area contributed by atoms with Gasteiger partial charge in [-0.1, -0.05) is 23.7 Å². The van der Waals surface area contributed by atoms with Crippen LogP contribution in [-0.2, 0) is 10.0 Å². The molecule has 1 aromatic rings. The molecule has 118 valence electrons. The van der Waals surface area contributed by atoms with Gasteiger partial charge in [-0.3, -0.25) is 0 Å². The SMILES string of the molecule is C[C@@H](NCC1CCCN(S(C)(=O)=O)C1)c1cccc(Cl)c1. The van der Waals surface area contributed by atoms with Gasteiger partial charge in [0.1, 0.15) is 0 Å². The molecule has 1 aliphatic heterocycles. The number of benzene rings is 1. The quantitative estimate of drug-likeness (QED) is 0.903. The highest BCUT2D eigenvalue weighted by Crippen LogP contribution is 2.21. The first-order chi connectivity index (χ1) is 9.86. The van der Waals surface area contributed by atoms with E-state index in [9.17, 15) is 8.42 Å². The van der Waals surface area contributed by atoms with Crippen LogP contribution in [0.15, 0.2) is 24.3 Å². The van der Waals surface area contributed by atoms with Gasteiger partial charge in [-0.15, -0.1) is 0 Å². The van der Waals surface area contributed by atoms with Crippen LogP contribution in [0.1, 0.15) is 31.4 Å². The summed E-state index contributed by atoms with van der Waals surface area (Å²) in [5.41, 5.74) is 1.15. The molecule has 1 fully saturated rings. The minimum atomic E-state index is -3.07. The maximum Gasteiger partial charge on any atom is 0.211 e. The Morgan fingerprint density at radius 3 is 2.90 bits per heavy atom. The first-order valence-electron chi connectivity index (χ1n) is 7.30. The summed E-state index contributed by atoms with van der Waals surface area (Å²) in [6, 6.07) is 8.03. The second kappa shape index (κ2) is 7.09. The third kappa shape index (κ3) is 4.95. The van der Waals surface area contributed by atoms with E-state index in [2.05, 4.69) is 12.2 Å². The van der Waals surface area contributed by atoms with Gasteiger partial charge < -0.3 is 5.32 Å². The lowest BCUT2D eigenvalue weighted by Gasteiger charge is -2.31. The molecule has 4 nitrogen and oxygen atoms in total. The molecule has 1 saturated heterocycles. The second-order valence-electron chi connectivity index (χ2n) is 5.81. The average molecular weight is 331 g/mol. The molecule has 0 aliphatic carbocycles. The molecule has 1 unspecified atom stereocenters. The van der Waals surface area contributed by atoms with Crippen LogP contribution in [0, 0.1) is 5.92 Å². The van der Waals surface area contributed by atoms with Crippen molar-refractivity contribution < 1.29 is 8.42 Å². The summed E-state index contributed by atoms with van der Waals surface area (Å²) >= 11 is 6.01. The number of sulfonamides is 1. The van der Waals surface area contributed by atoms with E-state index < -0.39 is 10.0 Å². The maximum absolute atomic E-state index is 11.6. The molecule has 2 atom stereocenters. The maximum atomic E-state index is 11.6. The van der Waals surface area contributed by atoms with Gasteiger partial charge in [0.25, 0.3) is 0 Å². The minimum Gasteiger partial charge on any atom is -0.310 e. The normalized spacial score (nSPS) is 22.1. The lowest BCUT2D eigenvalue weighted by molar-refractivity contribution is 0.257. The zero-order valence-corrected chi connectivity index (χ0v) is 14.1. The van der Waals surface area contributed by atoms with Gasteiger partial charge in [0.15, 0.2) is 0 Å². The Bertz CT molecular complexity index is 577. The Morgan fingerprint density at radius 2 is 2.24 bits per heavy atom. The van der Waals surface area contributed by atoms with Crippen molar-refractivity contribution in [1.82, 2.24) is 9.62 Å². The summed E-state index contributed by atoms with van der Waals surface area (Å²) in [6.45, 7) is 4.19. The number of piperidine rings is 1. The predicted octanol–water partition coefficient (Wildman–Crippen LogP) is 2.66. The third-order valence-electron chi connectivity index (χ3n) is 4.01. The average Bonchev–Trinajstić information content (AvgIpc) is 2.44. The highest BCUT2D eigenvalue weighted by atomic mass is 35.5. The Kier molecular flexibility index (Phi) is 5.66. The fraction of sp³-hybridized carbons (Fsp3) is 0.600. The van der Waals surface area contributed by atoms with Crippen LogP contribution in [0.5, 0.6) is 0 Å². The summed E-state index contributed by atoms with van der Waals surface area (Å²) in [7, 11) is -3.07. The van der Waals surface area contributed by atoms with Crippen LogP contribution >= 0.6 is 11.6 Å². The van der Waals surface area contributed by atoms with Crippen molar-refractivity contribution in [2.24, 2.45) is 5.92 Å². The molecule has 1 heterocycles. The highest BCUT2D eigenvalue weighted by molar-refractivity contribution is 7.88. The number of nitrogens with zero attached hydrogens (tertiary/aromatic N) is 1. The van der Waals surface area contributed by atoms with E-state index in [1.165, 1.54) is 6.26 Å². The van der Waals surface area contributed by atoms with Gasteiger partial charge in [-0.2, -0.15) is 0 Å². The van der Waals surface area contributed by atoms with Crippen LogP contribution in [0.4, 0.5) is 0 Å². The largest absolute Gasteiger partial charge is 0.310 e. The molecule has 21 heavy (non-hydrogen) atoms. The standard InChI is InChI=1S/C15H23ClN2O2S/c1-12(14-6-3-7-15(16)9-14)17-10-13-5-4-8-18(11-13)21(2,19)20/h3,6-7,9,12-13,17H,4-5,8,10-11H2,1-2H3/t12-,13?/m1/s1. The van der Waals surface area contributed by atoms with Crippen LogP contribution in [-0.4, -0.2) is 38.6 Å². The van der Waals surface area contributed by atoms with Gasteiger partial charge in [0.05, 0.1) is 6.26 Å². The molecule has 0 saturated carbocycles. The van der Waals surface area contributed by atoms with Crippen LogP contribution in [0.3, 0.4) is 0 Å². The summed E-state index contributed by atoms with van der Waals surface area (Å²) in [5, 5.41) is 4.23. The van der Waals surface area contributed by atoms with Gasteiger partial charge in [0, 0.05) is 24.2 Å². The smallest absolute Gasteiger partial charge is 0.211 e. The van der Waals surface area contributed by atoms with E-state index >= 15 is 0 Å². The van der Waals surface area contributed by atoms with Crippen molar-refractivity contribution >= 4 is 21.6 Å². The molecule has 6 heteroatoms. The van der Waals surface area contributed by atoms with Gasteiger partial charge >= 0.3 is 0 Å². The van der Waals surface area contributed by atoms with E-state index in [0.717, 1.165) is 30.0 Å². The van der Waals surface area contributed by atoms with Crippen molar-refractivity contribution in [2.45, 2.75) is 25.8 Å². The Labute approximate surface area is 132 Å². The van der Waals surface area contributed by atoms with Gasteiger partial charge in [-0.05, 0) is 49.9 Å². The number of hydrogen-bond acceptors (Lipinski definition) is 3. The third-order valence-corrected chi connectivity index (χ3v) is 5.52. The van der Waals surface area contributed by atoms with E-state index in [1.807, 2.05) is 24.3 Å². The lowest BCUT2D eigenvalue weighted by atomic mass is 9.99. The van der Waals surface area contributed by atoms with Crippen LogP contribution in [0.25, 0.3) is 0 Å². The first kappa shape index (κ1) is 16.7. The van der Waals surface area contributed by atoms with Crippen molar-refractivity contribution in [3.05, 3.63) is 34.9 Å². The summed E-state index contributed by atoms with van der Waals surface area (Å²) in [6.07, 6.45) is 3.30. The molecule has 1 aliphatic rings. The molecule has 1 N–H and O–H groups in total. The van der Waals surface area contributed by atoms with Crippen molar-refractivity contribution in [2.75, 3.05) is 25.9 Å². The molecule has 2 rings (SSSR count). The van der Waals surface area contributed by atoms with Gasteiger partial charge in [-0.25, -0.2) is 12.7 Å². The molecule has 0 radical (unpaired) electrons. The van der Waals surface area contributed by atoms with Crippen molar-refractivity contribution in [3.63, 3.8) is 0 Å². The summed E-state index contributed by atoms with van der Waals surface area (Å²) in [5.74, 6) is 0.370. The Balaban J connectivity index is 1.88. The predicted molar refractivity (Wildman–Crippen MR) is 87.0 cm³/mol. The monoisotopic (exact) mass is 330 g/mol. The van der Waals surface area contributed by atoms with Crippen molar-refractivity contribution in [3.8, 4) is 0 Å². The first-order valence-corrected chi connectivity index (χ1v) is 9.53. The lowest BCUT2D eigenvalue weighted by Crippen LogP contribution is -2.42. The topological polar surface area (TPSA) is 49.4 Å². The van der Waals surface area contributed by atoms with E-state index in [4.69, 9.17) is 11.6 Å². The number of nitrogens with one attached hydrogen (secondary N) is 1. The molecule has 1 aromatic carbocycles. The minimum absolute atomic E-state index is 0.206. The fourth-order valence-corrected chi connectivity index (χ4v) is 3.87. The highest BCUT2D eigenvalue weighted by Gasteiger charge is 2.25. The Hall–Kier alpha value is -0.620.